The third kappa shape index (κ3) is 2.20. The Bertz CT molecular complexity index is 93.1. The summed E-state index contributed by atoms with van der Waals surface area (Å²) in [5.41, 5.74) is -0.327. The van der Waals surface area contributed by atoms with Crippen LogP contribution < -0.4 is 0 Å². The Labute approximate surface area is 52.5 Å². The van der Waals surface area contributed by atoms with Crippen molar-refractivity contribution in [2.75, 3.05) is 0 Å². The maximum atomic E-state index is 10.7. The molecule has 0 fully saturated rings. The van der Waals surface area contributed by atoms with E-state index in [1.807, 2.05) is 20.8 Å². The predicted molar refractivity (Wildman–Crippen MR) is 36.0 cm³/mol. The van der Waals surface area contributed by atoms with Crippen LogP contribution in [0, 0.1) is 5.41 Å². The van der Waals surface area contributed by atoms with Crippen molar-refractivity contribution in [3.63, 3.8) is 0 Å². The van der Waals surface area contributed by atoms with E-state index in [0.29, 0.717) is 0 Å². The highest BCUT2D eigenvalue weighted by Gasteiger charge is 2.17. The monoisotopic (exact) mass is 107 g/mol. The molecule has 0 aliphatic carbocycles. The molecule has 0 aliphatic heterocycles. The molecule has 41 valence electrons. The van der Waals surface area contributed by atoms with E-state index in [4.69, 9.17) is 7.74 Å². The Morgan fingerprint density at radius 3 is 1.88 bits per heavy atom. The average molecular weight is 107 g/mol. The van der Waals surface area contributed by atoms with Crippen LogP contribution >= 0.6 is 0 Å². The van der Waals surface area contributed by atoms with Gasteiger partial charge in [0.15, 0.2) is 0 Å². The average Bonchev–Trinajstić information content (AvgIpc) is 1.62. The molecule has 0 aromatic carbocycles. The Kier molecular flexibility index (Phi) is 2.32. The van der Waals surface area contributed by atoms with E-state index >= 15 is 0 Å². The van der Waals surface area contributed by atoms with Gasteiger partial charge in [-0.05, 0) is 0 Å². The molecule has 0 aromatic rings. The molecule has 0 amide bonds. The van der Waals surface area contributed by atoms with Crippen LogP contribution in [-0.4, -0.2) is 20.6 Å². The molecular formula is C5H9B2O. The molecular weight excluding hydrogens is 97.7 g/mol. The maximum absolute atomic E-state index is 10.7. The Balaban J connectivity index is 3.82. The fourth-order valence-electron chi connectivity index (χ4n) is 0.250. The van der Waals surface area contributed by atoms with Crippen molar-refractivity contribution >= 4 is 20.6 Å². The normalized spacial score (nSPS) is 10.9. The summed E-state index contributed by atoms with van der Waals surface area (Å²) in [7, 11) is 6.09. The maximum Gasteiger partial charge on any atom is 0.146 e. The fourth-order valence-corrected chi connectivity index (χ4v) is 0.250. The van der Waals surface area contributed by atoms with E-state index in [2.05, 4.69) is 0 Å². The fraction of sp³-hybridized carbons (Fsp3) is 0.800. The first-order chi connectivity index (χ1) is 3.48. The van der Waals surface area contributed by atoms with Gasteiger partial charge < -0.3 is 4.79 Å². The lowest BCUT2D eigenvalue weighted by molar-refractivity contribution is -0.118. The van der Waals surface area contributed by atoms with Gasteiger partial charge in [-0.2, -0.15) is 0 Å². The second-order valence-corrected chi connectivity index (χ2v) is 2.78. The molecule has 0 N–H and O–H groups in total. The third-order valence-corrected chi connectivity index (χ3v) is 0.891. The van der Waals surface area contributed by atoms with Gasteiger partial charge in [-0.25, -0.2) is 0 Å². The largest absolute Gasteiger partial charge is 0.312 e. The first-order valence-electron chi connectivity index (χ1n) is 2.58. The van der Waals surface area contributed by atoms with E-state index in [1.54, 1.807) is 0 Å². The number of rotatable bonds is 1. The Morgan fingerprint density at radius 2 is 1.88 bits per heavy atom. The van der Waals surface area contributed by atoms with Gasteiger partial charge in [-0.3, -0.25) is 0 Å². The Morgan fingerprint density at radius 1 is 1.50 bits per heavy atom. The number of carbonyl (C=O) groups is 1. The zero-order chi connectivity index (χ0) is 6.78. The number of carbonyl (C=O) groups excluding carboxylic acids is 1. The van der Waals surface area contributed by atoms with Crippen molar-refractivity contribution in [2.24, 2.45) is 5.41 Å². The summed E-state index contributed by atoms with van der Waals surface area (Å²) >= 11 is 0. The standard InChI is InChI=1S/C5H9B2O/c1-5(2,3)4(8)7-6/h1-3H3. The predicted octanol–water partition coefficient (Wildman–Crippen LogP) is 0.347. The summed E-state index contributed by atoms with van der Waals surface area (Å²) < 4.78 is 0. The van der Waals surface area contributed by atoms with Crippen molar-refractivity contribution in [3.8, 4) is 0 Å². The lowest BCUT2D eigenvalue weighted by atomic mass is 9.48. The third-order valence-electron chi connectivity index (χ3n) is 0.891. The Hall–Kier alpha value is -0.200. The molecule has 0 spiro atoms. The molecule has 0 aromatic heterocycles. The van der Waals surface area contributed by atoms with Crippen molar-refractivity contribution in [2.45, 2.75) is 20.8 Å². The van der Waals surface area contributed by atoms with Gasteiger partial charge in [-0.15, -0.1) is 0 Å². The SMILES string of the molecule is [B][B]C(=O)C(C)(C)C. The molecule has 0 atom stereocenters. The van der Waals surface area contributed by atoms with Crippen LogP contribution in [0.2, 0.25) is 0 Å². The first-order valence-corrected chi connectivity index (χ1v) is 2.58. The van der Waals surface area contributed by atoms with E-state index < -0.39 is 0 Å². The van der Waals surface area contributed by atoms with E-state index in [9.17, 15) is 4.79 Å². The molecule has 3 heteroatoms. The molecule has 8 heavy (non-hydrogen) atoms. The van der Waals surface area contributed by atoms with Crippen LogP contribution in [0.5, 0.6) is 0 Å². The zero-order valence-corrected chi connectivity index (χ0v) is 5.56. The van der Waals surface area contributed by atoms with Crippen LogP contribution in [0.15, 0.2) is 0 Å². The molecule has 0 aliphatic rings. The summed E-state index contributed by atoms with van der Waals surface area (Å²) in [6, 6.07) is 0. The first kappa shape index (κ1) is 7.80. The van der Waals surface area contributed by atoms with Gasteiger partial charge >= 0.3 is 0 Å². The molecule has 0 rings (SSSR count). The van der Waals surface area contributed by atoms with Crippen LogP contribution in [0.4, 0.5) is 0 Å². The van der Waals surface area contributed by atoms with Gasteiger partial charge in [0.05, 0.1) is 5.68 Å². The van der Waals surface area contributed by atoms with Crippen LogP contribution in [-0.2, 0) is 4.79 Å². The molecule has 3 radical (unpaired) electrons. The van der Waals surface area contributed by atoms with Gasteiger partial charge in [0, 0.05) is 13.2 Å². The van der Waals surface area contributed by atoms with Crippen molar-refractivity contribution in [1.29, 1.82) is 0 Å². The zero-order valence-electron chi connectivity index (χ0n) is 5.56. The number of hydrogen-bond donors (Lipinski definition) is 0. The second-order valence-electron chi connectivity index (χ2n) is 2.78. The minimum absolute atomic E-state index is 0.0162. The molecule has 1 nitrogen and oxygen atoms in total. The van der Waals surface area contributed by atoms with Gasteiger partial charge in [0.2, 0.25) is 0 Å². The molecule has 0 unspecified atom stereocenters. The van der Waals surface area contributed by atoms with Crippen molar-refractivity contribution in [1.82, 2.24) is 0 Å². The van der Waals surface area contributed by atoms with Gasteiger partial charge in [0.25, 0.3) is 0 Å². The molecule has 0 saturated heterocycles. The molecule has 0 bridgehead atoms. The highest BCUT2D eigenvalue weighted by atomic mass is 16.1. The summed E-state index contributed by atoms with van der Waals surface area (Å²) in [5.74, 6) is 0. The summed E-state index contributed by atoms with van der Waals surface area (Å²) in [6.45, 7) is 5.50. The highest BCUT2D eigenvalue weighted by molar-refractivity contribution is 7.08. The van der Waals surface area contributed by atoms with Crippen molar-refractivity contribution in [3.05, 3.63) is 0 Å². The summed E-state index contributed by atoms with van der Waals surface area (Å²) in [6.07, 6.45) is 0. The van der Waals surface area contributed by atoms with Gasteiger partial charge in [0.1, 0.15) is 7.17 Å². The van der Waals surface area contributed by atoms with E-state index in [1.165, 1.54) is 0 Å². The molecule has 0 saturated carbocycles. The molecule has 0 heterocycles. The van der Waals surface area contributed by atoms with Crippen LogP contribution in [0.3, 0.4) is 0 Å². The lowest BCUT2D eigenvalue weighted by Gasteiger charge is -2.14. The van der Waals surface area contributed by atoms with Gasteiger partial charge in [-0.1, -0.05) is 20.8 Å². The second kappa shape index (κ2) is 2.38. The lowest BCUT2D eigenvalue weighted by Crippen LogP contribution is -2.25. The topological polar surface area (TPSA) is 17.1 Å². The number of hydrogen-bond acceptors (Lipinski definition) is 1. The minimum Gasteiger partial charge on any atom is -0.312 e. The highest BCUT2D eigenvalue weighted by Crippen LogP contribution is 2.12. The van der Waals surface area contributed by atoms with Crippen LogP contribution in [0.25, 0.3) is 0 Å². The smallest absolute Gasteiger partial charge is 0.146 e. The minimum atomic E-state index is -0.311. The van der Waals surface area contributed by atoms with Crippen molar-refractivity contribution < 1.29 is 4.79 Å². The van der Waals surface area contributed by atoms with E-state index in [-0.39, 0.29) is 11.1 Å². The van der Waals surface area contributed by atoms with Crippen LogP contribution in [0.1, 0.15) is 20.8 Å². The quantitative estimate of drug-likeness (QED) is 0.441. The van der Waals surface area contributed by atoms with E-state index in [0.717, 1.165) is 7.17 Å². The summed E-state index contributed by atoms with van der Waals surface area (Å²) in [5, 5.41) is 0. The summed E-state index contributed by atoms with van der Waals surface area (Å²) in [4.78, 5) is 10.7.